The quantitative estimate of drug-likeness (QED) is 0.829. The lowest BCUT2D eigenvalue weighted by Crippen LogP contribution is -1.95. The summed E-state index contributed by atoms with van der Waals surface area (Å²) in [6.45, 7) is 0.439. The molecule has 0 fully saturated rings. The molecule has 0 amide bonds. The number of rotatable bonds is 4. The Morgan fingerprint density at radius 2 is 1.67 bits per heavy atom. The number of carboxylic acids is 1. The van der Waals surface area contributed by atoms with E-state index in [1.165, 1.54) is 6.07 Å². The van der Waals surface area contributed by atoms with Gasteiger partial charge in [-0.3, -0.25) is 0 Å². The third-order valence-corrected chi connectivity index (χ3v) is 2.41. The van der Waals surface area contributed by atoms with Gasteiger partial charge in [0.1, 0.15) is 0 Å². The molecule has 0 saturated carbocycles. The van der Waals surface area contributed by atoms with Gasteiger partial charge in [0.15, 0.2) is 0 Å². The van der Waals surface area contributed by atoms with Crippen molar-refractivity contribution < 1.29 is 9.90 Å². The second-order valence-corrected chi connectivity index (χ2v) is 3.71. The van der Waals surface area contributed by atoms with Gasteiger partial charge in [-0.05, 0) is 17.7 Å². The minimum absolute atomic E-state index is 0.161. The molecule has 0 atom stereocenters. The number of carbonyl (C=O) groups is 1. The fourth-order valence-electron chi connectivity index (χ4n) is 1.52. The molecule has 2 rings (SSSR count). The zero-order valence-electron chi connectivity index (χ0n) is 9.65. The van der Waals surface area contributed by atoms with Gasteiger partial charge in [0.2, 0.25) is 0 Å². The Labute approximate surface area is 105 Å². The predicted molar refractivity (Wildman–Crippen MR) is 68.1 cm³/mol. The second kappa shape index (κ2) is 5.72. The van der Waals surface area contributed by atoms with Crippen molar-refractivity contribution in [2.45, 2.75) is 6.54 Å². The van der Waals surface area contributed by atoms with Crippen LogP contribution in [0.5, 0.6) is 0 Å². The van der Waals surface area contributed by atoms with Crippen LogP contribution >= 0.6 is 0 Å². The number of azo groups is 1. The predicted octanol–water partition coefficient (Wildman–Crippen LogP) is 3.67. The van der Waals surface area contributed by atoms with Gasteiger partial charge < -0.3 is 5.11 Å². The maximum Gasteiger partial charge on any atom is 0.337 e. The average molecular weight is 240 g/mol. The van der Waals surface area contributed by atoms with Crippen LogP contribution in [0.1, 0.15) is 15.9 Å². The summed E-state index contributed by atoms with van der Waals surface area (Å²) in [6, 6.07) is 16.2. The number of aromatic carboxylic acids is 1. The van der Waals surface area contributed by atoms with E-state index in [1.807, 2.05) is 30.3 Å². The number of carboxylic acid groups (broad SMARTS) is 1. The fourth-order valence-corrected chi connectivity index (χ4v) is 1.52. The van der Waals surface area contributed by atoms with E-state index >= 15 is 0 Å². The van der Waals surface area contributed by atoms with Crippen LogP contribution in [0.15, 0.2) is 64.8 Å². The zero-order valence-corrected chi connectivity index (χ0v) is 9.65. The third kappa shape index (κ3) is 3.01. The van der Waals surface area contributed by atoms with E-state index in [-0.39, 0.29) is 5.56 Å². The Morgan fingerprint density at radius 1 is 1.00 bits per heavy atom. The van der Waals surface area contributed by atoms with E-state index in [9.17, 15) is 4.79 Å². The molecule has 2 aromatic carbocycles. The van der Waals surface area contributed by atoms with Crippen molar-refractivity contribution in [2.75, 3.05) is 0 Å². The van der Waals surface area contributed by atoms with E-state index in [2.05, 4.69) is 10.2 Å². The fraction of sp³-hybridized carbons (Fsp3) is 0.0714. The zero-order chi connectivity index (χ0) is 12.8. The SMILES string of the molecule is O=C(O)c1ccccc1N=NCc1ccccc1. The lowest BCUT2D eigenvalue weighted by molar-refractivity contribution is 0.0698. The summed E-state index contributed by atoms with van der Waals surface area (Å²) in [5, 5.41) is 17.0. The molecular formula is C14H12N2O2. The summed E-state index contributed by atoms with van der Waals surface area (Å²) in [6.07, 6.45) is 0. The van der Waals surface area contributed by atoms with E-state index < -0.39 is 5.97 Å². The molecule has 0 aliphatic rings. The molecule has 1 N–H and O–H groups in total. The standard InChI is InChI=1S/C14H12N2O2/c17-14(18)12-8-4-5-9-13(12)16-15-10-11-6-2-1-3-7-11/h1-9H,10H2,(H,17,18). The van der Waals surface area contributed by atoms with Crippen LogP contribution in [-0.2, 0) is 6.54 Å². The van der Waals surface area contributed by atoms with Crippen LogP contribution in [0, 0.1) is 0 Å². The molecule has 0 radical (unpaired) electrons. The van der Waals surface area contributed by atoms with Crippen LogP contribution in [0.25, 0.3) is 0 Å². The van der Waals surface area contributed by atoms with E-state index in [4.69, 9.17) is 5.11 Å². The lowest BCUT2D eigenvalue weighted by Gasteiger charge is -1.98. The summed E-state index contributed by atoms with van der Waals surface area (Å²) in [7, 11) is 0. The molecule has 0 aliphatic heterocycles. The first-order valence-corrected chi connectivity index (χ1v) is 5.51. The average Bonchev–Trinajstić information content (AvgIpc) is 2.40. The van der Waals surface area contributed by atoms with Crippen LogP contribution in [0.3, 0.4) is 0 Å². The summed E-state index contributed by atoms with van der Waals surface area (Å²) in [5.41, 5.74) is 1.57. The van der Waals surface area contributed by atoms with Gasteiger partial charge in [0, 0.05) is 0 Å². The summed E-state index contributed by atoms with van der Waals surface area (Å²) in [5.74, 6) is -0.996. The van der Waals surface area contributed by atoms with E-state index in [0.717, 1.165) is 5.56 Å². The lowest BCUT2D eigenvalue weighted by atomic mass is 10.2. The molecule has 0 heterocycles. The Balaban J connectivity index is 2.12. The highest BCUT2D eigenvalue weighted by atomic mass is 16.4. The normalized spacial score (nSPS) is 10.7. The van der Waals surface area contributed by atoms with Gasteiger partial charge in [-0.1, -0.05) is 42.5 Å². The maximum atomic E-state index is 11.0. The minimum atomic E-state index is -0.996. The number of nitrogens with zero attached hydrogens (tertiary/aromatic N) is 2. The Bertz CT molecular complexity index is 565. The van der Waals surface area contributed by atoms with Gasteiger partial charge >= 0.3 is 5.97 Å². The van der Waals surface area contributed by atoms with Gasteiger partial charge in [-0.2, -0.15) is 10.2 Å². The van der Waals surface area contributed by atoms with Gasteiger partial charge in [-0.15, -0.1) is 0 Å². The van der Waals surface area contributed by atoms with E-state index in [1.54, 1.807) is 18.2 Å². The van der Waals surface area contributed by atoms with Crippen molar-refractivity contribution >= 4 is 11.7 Å². The topological polar surface area (TPSA) is 62.0 Å². The van der Waals surface area contributed by atoms with E-state index in [0.29, 0.717) is 12.2 Å². The molecule has 0 spiro atoms. The molecule has 0 aromatic heterocycles. The van der Waals surface area contributed by atoms with Crippen molar-refractivity contribution in [1.82, 2.24) is 0 Å². The van der Waals surface area contributed by atoms with Gasteiger partial charge in [-0.25, -0.2) is 4.79 Å². The van der Waals surface area contributed by atoms with Crippen LogP contribution in [-0.4, -0.2) is 11.1 Å². The van der Waals surface area contributed by atoms with Crippen molar-refractivity contribution in [1.29, 1.82) is 0 Å². The Kier molecular flexibility index (Phi) is 3.81. The van der Waals surface area contributed by atoms with Gasteiger partial charge in [0.25, 0.3) is 0 Å². The van der Waals surface area contributed by atoms with Crippen molar-refractivity contribution in [3.8, 4) is 0 Å². The summed E-state index contributed by atoms with van der Waals surface area (Å²) in [4.78, 5) is 11.0. The highest BCUT2D eigenvalue weighted by molar-refractivity contribution is 5.93. The molecule has 18 heavy (non-hydrogen) atoms. The van der Waals surface area contributed by atoms with Crippen LogP contribution in [0.2, 0.25) is 0 Å². The van der Waals surface area contributed by atoms with Crippen molar-refractivity contribution in [3.63, 3.8) is 0 Å². The first kappa shape index (κ1) is 12.0. The highest BCUT2D eigenvalue weighted by Crippen LogP contribution is 2.19. The number of hydrogen-bond acceptors (Lipinski definition) is 3. The summed E-state index contributed by atoms with van der Waals surface area (Å²) >= 11 is 0. The summed E-state index contributed by atoms with van der Waals surface area (Å²) < 4.78 is 0. The smallest absolute Gasteiger partial charge is 0.337 e. The molecule has 90 valence electrons. The van der Waals surface area contributed by atoms with Gasteiger partial charge in [0.05, 0.1) is 17.8 Å². The Morgan fingerprint density at radius 3 is 2.39 bits per heavy atom. The first-order valence-electron chi connectivity index (χ1n) is 5.51. The molecular weight excluding hydrogens is 228 g/mol. The molecule has 2 aromatic rings. The third-order valence-electron chi connectivity index (χ3n) is 2.41. The maximum absolute atomic E-state index is 11.0. The van der Waals surface area contributed by atoms with Crippen molar-refractivity contribution in [3.05, 3.63) is 65.7 Å². The molecule has 0 bridgehead atoms. The molecule has 4 heteroatoms. The minimum Gasteiger partial charge on any atom is -0.478 e. The second-order valence-electron chi connectivity index (χ2n) is 3.71. The Hall–Kier alpha value is -2.49. The molecule has 0 aliphatic carbocycles. The number of benzene rings is 2. The number of hydrogen-bond donors (Lipinski definition) is 1. The molecule has 0 unspecified atom stereocenters. The first-order chi connectivity index (χ1) is 8.77. The monoisotopic (exact) mass is 240 g/mol. The van der Waals surface area contributed by atoms with Crippen LogP contribution < -0.4 is 0 Å². The highest BCUT2D eigenvalue weighted by Gasteiger charge is 2.07. The van der Waals surface area contributed by atoms with Crippen molar-refractivity contribution in [2.24, 2.45) is 10.2 Å². The van der Waals surface area contributed by atoms with Crippen LogP contribution in [0.4, 0.5) is 5.69 Å². The molecule has 4 nitrogen and oxygen atoms in total. The molecule has 0 saturated heterocycles. The largest absolute Gasteiger partial charge is 0.478 e.